The summed E-state index contributed by atoms with van der Waals surface area (Å²) in [4.78, 5) is 29.1. The lowest BCUT2D eigenvalue weighted by Crippen LogP contribution is -2.46. The number of β-amino-alcohol motifs (C(OH)–C–C–N with tert-alkyl or cyclic N) is 1. The molecule has 0 bridgehead atoms. The van der Waals surface area contributed by atoms with Crippen LogP contribution in [0.15, 0.2) is 12.1 Å². The molecule has 2 saturated heterocycles. The van der Waals surface area contributed by atoms with Gasteiger partial charge in [0.15, 0.2) is 5.78 Å². The van der Waals surface area contributed by atoms with E-state index in [0.29, 0.717) is 22.8 Å². The van der Waals surface area contributed by atoms with Crippen LogP contribution >= 0.6 is 11.3 Å². The molecule has 0 saturated carbocycles. The van der Waals surface area contributed by atoms with Crippen molar-refractivity contribution in [1.82, 2.24) is 9.80 Å². The van der Waals surface area contributed by atoms with Crippen molar-refractivity contribution in [2.75, 3.05) is 26.2 Å². The average Bonchev–Trinajstić information content (AvgIpc) is 3.14. The highest BCUT2D eigenvalue weighted by Crippen LogP contribution is 2.24. The molecule has 1 N–H and O–H groups in total. The Labute approximate surface area is 134 Å². The number of hydrogen-bond donors (Lipinski definition) is 1. The predicted molar refractivity (Wildman–Crippen MR) is 85.4 cm³/mol. The molecule has 1 aromatic rings. The van der Waals surface area contributed by atoms with Crippen LogP contribution in [0.2, 0.25) is 0 Å². The molecular weight excluding hydrogens is 300 g/mol. The van der Waals surface area contributed by atoms with Crippen molar-refractivity contribution in [3.8, 4) is 0 Å². The lowest BCUT2D eigenvalue weighted by Gasteiger charge is -2.33. The number of Topliss-reactive ketones (excluding diaryl/α,β-unsaturated/α-hetero) is 1. The third kappa shape index (κ3) is 3.09. The molecule has 1 aromatic heterocycles. The summed E-state index contributed by atoms with van der Waals surface area (Å²) < 4.78 is 0. The van der Waals surface area contributed by atoms with Crippen LogP contribution in [0.5, 0.6) is 0 Å². The van der Waals surface area contributed by atoms with Crippen molar-refractivity contribution in [3.05, 3.63) is 21.9 Å². The summed E-state index contributed by atoms with van der Waals surface area (Å²) >= 11 is 1.24. The molecule has 120 valence electrons. The summed E-state index contributed by atoms with van der Waals surface area (Å²) in [6, 6.07) is 3.47. The molecule has 22 heavy (non-hydrogen) atoms. The number of aliphatic hydroxyl groups excluding tert-OH is 1. The van der Waals surface area contributed by atoms with E-state index in [1.54, 1.807) is 17.0 Å². The Morgan fingerprint density at radius 2 is 1.82 bits per heavy atom. The lowest BCUT2D eigenvalue weighted by molar-refractivity contribution is 0.0703. The van der Waals surface area contributed by atoms with E-state index in [1.807, 2.05) is 0 Å². The van der Waals surface area contributed by atoms with Gasteiger partial charge in [0, 0.05) is 13.1 Å². The molecule has 0 aromatic carbocycles. The summed E-state index contributed by atoms with van der Waals surface area (Å²) in [6.45, 7) is 4.49. The molecule has 0 unspecified atom stereocenters. The minimum Gasteiger partial charge on any atom is -0.390 e. The largest absolute Gasteiger partial charge is 0.390 e. The summed E-state index contributed by atoms with van der Waals surface area (Å²) in [6.07, 6.45) is 3.12. The molecule has 0 spiro atoms. The predicted octanol–water partition coefficient (Wildman–Crippen LogP) is 1.62. The number of aliphatic hydroxyl groups is 1. The van der Waals surface area contributed by atoms with Gasteiger partial charge in [0.25, 0.3) is 5.91 Å². The van der Waals surface area contributed by atoms with Gasteiger partial charge >= 0.3 is 0 Å². The molecule has 2 fully saturated rings. The quantitative estimate of drug-likeness (QED) is 0.859. The fraction of sp³-hybridized carbons (Fsp3) is 0.625. The van der Waals surface area contributed by atoms with Gasteiger partial charge in [0.05, 0.1) is 21.9 Å². The Hall–Kier alpha value is -1.24. The third-order valence-corrected chi connectivity index (χ3v) is 5.74. The molecule has 1 amide bonds. The normalized spacial score (nSPS) is 26.4. The van der Waals surface area contributed by atoms with Crippen LogP contribution in [0.3, 0.4) is 0 Å². The highest BCUT2D eigenvalue weighted by molar-refractivity contribution is 7.15. The molecule has 0 radical (unpaired) electrons. The number of piperidine rings is 1. The van der Waals surface area contributed by atoms with Crippen LogP contribution in [0.25, 0.3) is 0 Å². The second kappa shape index (κ2) is 6.48. The lowest BCUT2D eigenvalue weighted by atomic mass is 10.1. The standard InChI is InChI=1S/C16H22N2O3S/c1-11(19)14-5-6-15(22-14)16(21)18-9-12(13(20)10-18)17-7-3-2-4-8-17/h5-6,12-13,20H,2-4,7-10H2,1H3/t12-,13-/m0/s1. The summed E-state index contributed by atoms with van der Waals surface area (Å²) in [5.41, 5.74) is 0. The topological polar surface area (TPSA) is 60.9 Å². The molecular formula is C16H22N2O3S. The maximum atomic E-state index is 12.6. The summed E-state index contributed by atoms with van der Waals surface area (Å²) in [7, 11) is 0. The summed E-state index contributed by atoms with van der Waals surface area (Å²) in [5.74, 6) is -0.0900. The monoisotopic (exact) mass is 322 g/mol. The maximum Gasteiger partial charge on any atom is 0.264 e. The van der Waals surface area contributed by atoms with Crippen LogP contribution in [-0.2, 0) is 0 Å². The van der Waals surface area contributed by atoms with Gasteiger partial charge < -0.3 is 10.0 Å². The fourth-order valence-corrected chi connectivity index (χ4v) is 4.21. The minimum atomic E-state index is -0.478. The second-order valence-electron chi connectivity index (χ2n) is 6.16. The zero-order valence-corrected chi connectivity index (χ0v) is 13.6. The van der Waals surface area contributed by atoms with Crippen LogP contribution < -0.4 is 0 Å². The first kappa shape index (κ1) is 15.6. The highest BCUT2D eigenvalue weighted by atomic mass is 32.1. The van der Waals surface area contributed by atoms with E-state index < -0.39 is 6.10 Å². The smallest absolute Gasteiger partial charge is 0.264 e. The van der Waals surface area contributed by atoms with E-state index in [2.05, 4.69) is 4.90 Å². The van der Waals surface area contributed by atoms with E-state index in [9.17, 15) is 14.7 Å². The molecule has 2 atom stereocenters. The zero-order valence-electron chi connectivity index (χ0n) is 12.8. The third-order valence-electron chi connectivity index (χ3n) is 4.57. The van der Waals surface area contributed by atoms with Crippen molar-refractivity contribution in [3.63, 3.8) is 0 Å². The Balaban J connectivity index is 1.67. The molecule has 5 nitrogen and oxygen atoms in total. The van der Waals surface area contributed by atoms with E-state index in [4.69, 9.17) is 0 Å². The Kier molecular flexibility index (Phi) is 4.61. The number of hydrogen-bond acceptors (Lipinski definition) is 5. The van der Waals surface area contributed by atoms with Gasteiger partial charge in [0.1, 0.15) is 0 Å². The minimum absolute atomic E-state index is 0.0169. The van der Waals surface area contributed by atoms with Crippen molar-refractivity contribution in [1.29, 1.82) is 0 Å². The van der Waals surface area contributed by atoms with Gasteiger partial charge in [-0.15, -0.1) is 11.3 Å². The maximum absolute atomic E-state index is 12.6. The molecule has 2 aliphatic rings. The van der Waals surface area contributed by atoms with Crippen molar-refractivity contribution in [2.45, 2.75) is 38.3 Å². The van der Waals surface area contributed by atoms with E-state index in [0.717, 1.165) is 13.1 Å². The average molecular weight is 322 g/mol. The number of thiophene rings is 1. The Bertz CT molecular complexity index is 565. The van der Waals surface area contributed by atoms with Crippen LogP contribution in [-0.4, -0.2) is 64.9 Å². The fourth-order valence-electron chi connectivity index (χ4n) is 3.34. The molecule has 3 heterocycles. The number of rotatable bonds is 3. The number of carbonyl (C=O) groups excluding carboxylic acids is 2. The van der Waals surface area contributed by atoms with Crippen LogP contribution in [0, 0.1) is 0 Å². The number of carbonyl (C=O) groups is 2. The number of amides is 1. The van der Waals surface area contributed by atoms with Crippen molar-refractivity contribution >= 4 is 23.0 Å². The van der Waals surface area contributed by atoms with Gasteiger partial charge in [-0.1, -0.05) is 6.42 Å². The Morgan fingerprint density at radius 1 is 1.14 bits per heavy atom. The van der Waals surface area contributed by atoms with Crippen LogP contribution in [0.4, 0.5) is 0 Å². The molecule has 6 heteroatoms. The van der Waals surface area contributed by atoms with Gasteiger partial charge in [-0.3, -0.25) is 14.5 Å². The van der Waals surface area contributed by atoms with Gasteiger partial charge in [0.2, 0.25) is 0 Å². The van der Waals surface area contributed by atoms with E-state index in [-0.39, 0.29) is 17.7 Å². The van der Waals surface area contributed by atoms with E-state index >= 15 is 0 Å². The van der Waals surface area contributed by atoms with Crippen molar-refractivity contribution < 1.29 is 14.7 Å². The summed E-state index contributed by atoms with van der Waals surface area (Å²) in [5, 5.41) is 10.3. The highest BCUT2D eigenvalue weighted by Gasteiger charge is 2.38. The Morgan fingerprint density at radius 3 is 2.45 bits per heavy atom. The van der Waals surface area contributed by atoms with Crippen molar-refractivity contribution in [2.24, 2.45) is 0 Å². The number of likely N-dealkylation sites (tertiary alicyclic amines) is 2. The van der Waals surface area contributed by atoms with E-state index in [1.165, 1.54) is 37.5 Å². The van der Waals surface area contributed by atoms with Gasteiger partial charge in [-0.05, 0) is 45.0 Å². The number of nitrogens with zero attached hydrogens (tertiary/aromatic N) is 2. The molecule has 0 aliphatic carbocycles. The number of ketones is 1. The first-order valence-electron chi connectivity index (χ1n) is 7.88. The first-order valence-corrected chi connectivity index (χ1v) is 8.70. The van der Waals surface area contributed by atoms with Gasteiger partial charge in [-0.25, -0.2) is 0 Å². The van der Waals surface area contributed by atoms with Crippen LogP contribution in [0.1, 0.15) is 45.5 Å². The molecule has 2 aliphatic heterocycles. The van der Waals surface area contributed by atoms with Gasteiger partial charge in [-0.2, -0.15) is 0 Å². The second-order valence-corrected chi connectivity index (χ2v) is 7.25. The molecule has 3 rings (SSSR count). The first-order chi connectivity index (χ1) is 10.6. The SMILES string of the molecule is CC(=O)c1ccc(C(=O)N2C[C@H](O)[C@@H](N3CCCCC3)C2)s1. The zero-order chi connectivity index (χ0) is 15.7.